The normalized spacial score (nSPS) is 11.0. The van der Waals surface area contributed by atoms with Crippen LogP contribution in [0.2, 0.25) is 0 Å². The van der Waals surface area contributed by atoms with Crippen LogP contribution in [0.1, 0.15) is 5.56 Å². The van der Waals surface area contributed by atoms with E-state index in [1.807, 2.05) is 36.5 Å². The lowest BCUT2D eigenvalue weighted by atomic mass is 10.0. The van der Waals surface area contributed by atoms with Crippen LogP contribution in [-0.2, 0) is 16.0 Å². The van der Waals surface area contributed by atoms with Gasteiger partial charge in [-0.3, -0.25) is 9.78 Å². The van der Waals surface area contributed by atoms with Crippen LogP contribution in [0.5, 0.6) is 0 Å². The average molecular weight is 569 g/mol. The Kier molecular flexibility index (Phi) is 8.61. The van der Waals surface area contributed by atoms with Gasteiger partial charge in [-0.25, -0.2) is 13.6 Å². The quantitative estimate of drug-likeness (QED) is 0.164. The molecule has 0 aliphatic heterocycles. The molecule has 0 bridgehead atoms. The van der Waals surface area contributed by atoms with Crippen LogP contribution in [0, 0.1) is 11.6 Å². The molecule has 41 heavy (non-hydrogen) atoms. The summed E-state index contributed by atoms with van der Waals surface area (Å²) in [4.78, 5) is 28.9. The van der Waals surface area contributed by atoms with Crippen LogP contribution in [-0.4, -0.2) is 33.1 Å². The van der Waals surface area contributed by atoms with Crippen LogP contribution >= 0.6 is 0 Å². The topological polar surface area (TPSA) is 107 Å². The Balaban J connectivity index is 0.000000493. The van der Waals surface area contributed by atoms with Gasteiger partial charge in [0, 0.05) is 46.3 Å². The minimum absolute atomic E-state index is 0.184. The van der Waals surface area contributed by atoms with Crippen molar-refractivity contribution in [2.45, 2.75) is 12.6 Å². The van der Waals surface area contributed by atoms with Crippen molar-refractivity contribution in [2.24, 2.45) is 0 Å². The van der Waals surface area contributed by atoms with E-state index >= 15 is 0 Å². The first-order valence-corrected chi connectivity index (χ1v) is 11.9. The summed E-state index contributed by atoms with van der Waals surface area (Å²) in [5, 5.41) is 14.2. The molecule has 1 amide bonds. The van der Waals surface area contributed by atoms with Crippen molar-refractivity contribution >= 4 is 39.8 Å². The fraction of sp³-hybridized carbons (Fsp3) is 0.0690. The summed E-state index contributed by atoms with van der Waals surface area (Å²) in [5.74, 6) is -4.33. The Morgan fingerprint density at radius 2 is 1.61 bits per heavy atom. The van der Waals surface area contributed by atoms with Gasteiger partial charge in [0.05, 0.1) is 18.3 Å². The number of hydrogen-bond donors (Lipinski definition) is 4. The third-order valence-electron chi connectivity index (χ3n) is 5.69. The number of carboxylic acids is 1. The maximum absolute atomic E-state index is 14.0. The number of H-pyrrole nitrogens is 1. The van der Waals surface area contributed by atoms with Crippen molar-refractivity contribution in [3.63, 3.8) is 0 Å². The van der Waals surface area contributed by atoms with Crippen molar-refractivity contribution in [3.8, 4) is 11.1 Å². The predicted octanol–water partition coefficient (Wildman–Crippen LogP) is 7.07. The Hall–Kier alpha value is -5.26. The first-order valence-electron chi connectivity index (χ1n) is 11.9. The summed E-state index contributed by atoms with van der Waals surface area (Å²) in [7, 11) is 0. The molecule has 0 aliphatic carbocycles. The number of anilines is 3. The second-order valence-corrected chi connectivity index (χ2v) is 8.67. The number of hydrogen-bond acceptors (Lipinski definition) is 4. The number of carboxylic acid groups (broad SMARTS) is 1. The van der Waals surface area contributed by atoms with E-state index in [9.17, 15) is 26.7 Å². The van der Waals surface area contributed by atoms with Gasteiger partial charge in [-0.15, -0.1) is 0 Å². The summed E-state index contributed by atoms with van der Waals surface area (Å²) in [6, 6.07) is 19.9. The standard InChI is InChI=1S/C27H20F2N4O.C2HF3O2/c28-19-10-17(11-20(29)13-19)24-14-21(7-8-26(24)32-22-4-3-9-30-16-22)33-27(34)12-18-15-31-25-6-2-1-5-23(18)25;3-2(4,5)1(6)7/h1-11,13-16,31-32H,12H2,(H,33,34);(H,6,7). The van der Waals surface area contributed by atoms with Crippen molar-refractivity contribution in [1.82, 2.24) is 9.97 Å². The number of alkyl halides is 3. The zero-order chi connectivity index (χ0) is 29.6. The molecule has 0 unspecified atom stereocenters. The highest BCUT2D eigenvalue weighted by molar-refractivity contribution is 5.97. The molecular formula is C29H21F5N4O3. The smallest absolute Gasteiger partial charge is 0.475 e. The zero-order valence-electron chi connectivity index (χ0n) is 21.0. The van der Waals surface area contributed by atoms with Crippen molar-refractivity contribution in [1.29, 1.82) is 0 Å². The average Bonchev–Trinajstić information content (AvgIpc) is 3.32. The molecule has 4 N–H and O–H groups in total. The molecule has 7 nitrogen and oxygen atoms in total. The summed E-state index contributed by atoms with van der Waals surface area (Å²) >= 11 is 0. The van der Waals surface area contributed by atoms with Crippen molar-refractivity contribution < 1.29 is 36.6 Å². The lowest BCUT2D eigenvalue weighted by Gasteiger charge is -2.15. The number of pyridine rings is 1. The predicted molar refractivity (Wildman–Crippen MR) is 144 cm³/mol. The Morgan fingerprint density at radius 3 is 2.27 bits per heavy atom. The van der Waals surface area contributed by atoms with E-state index < -0.39 is 23.8 Å². The second-order valence-electron chi connectivity index (χ2n) is 8.67. The van der Waals surface area contributed by atoms with Crippen LogP contribution in [0.25, 0.3) is 22.0 Å². The number of fused-ring (bicyclic) bond motifs is 1. The maximum atomic E-state index is 14.0. The number of aliphatic carboxylic acids is 1. The summed E-state index contributed by atoms with van der Waals surface area (Å²) in [6.07, 6.45) is 0.225. The number of para-hydroxylation sites is 1. The molecule has 2 aromatic heterocycles. The van der Waals surface area contributed by atoms with E-state index in [1.54, 1.807) is 36.7 Å². The number of amides is 1. The highest BCUT2D eigenvalue weighted by Gasteiger charge is 2.38. The summed E-state index contributed by atoms with van der Waals surface area (Å²) < 4.78 is 59.7. The van der Waals surface area contributed by atoms with Gasteiger partial charge in [0.1, 0.15) is 11.6 Å². The Labute approximate surface area is 229 Å². The fourth-order valence-electron chi connectivity index (χ4n) is 3.93. The zero-order valence-corrected chi connectivity index (χ0v) is 21.0. The van der Waals surface area contributed by atoms with E-state index in [2.05, 4.69) is 20.6 Å². The molecule has 5 rings (SSSR count). The van der Waals surface area contributed by atoms with Gasteiger partial charge < -0.3 is 20.7 Å². The second kappa shape index (κ2) is 12.3. The van der Waals surface area contributed by atoms with Crippen molar-refractivity contribution in [2.75, 3.05) is 10.6 Å². The molecule has 0 radical (unpaired) electrons. The number of carbonyl (C=O) groups excluding carboxylic acids is 1. The molecule has 0 spiro atoms. The molecular weight excluding hydrogens is 547 g/mol. The number of halogens is 5. The van der Waals surface area contributed by atoms with E-state index in [-0.39, 0.29) is 12.3 Å². The number of carbonyl (C=O) groups is 2. The highest BCUT2D eigenvalue weighted by atomic mass is 19.4. The van der Waals surface area contributed by atoms with Crippen LogP contribution in [0.4, 0.5) is 39.0 Å². The largest absolute Gasteiger partial charge is 0.490 e. The van der Waals surface area contributed by atoms with E-state index in [1.165, 1.54) is 12.1 Å². The minimum atomic E-state index is -5.08. The molecule has 210 valence electrons. The van der Waals surface area contributed by atoms with Gasteiger partial charge in [0.15, 0.2) is 0 Å². The number of rotatable bonds is 6. The number of benzene rings is 3. The Morgan fingerprint density at radius 1 is 0.902 bits per heavy atom. The first kappa shape index (κ1) is 28.7. The van der Waals surface area contributed by atoms with Gasteiger partial charge >= 0.3 is 12.1 Å². The number of nitrogens with one attached hydrogen (secondary N) is 3. The van der Waals surface area contributed by atoms with Crippen molar-refractivity contribution in [3.05, 3.63) is 109 Å². The molecule has 3 aromatic carbocycles. The maximum Gasteiger partial charge on any atom is 0.490 e. The molecule has 2 heterocycles. The third kappa shape index (κ3) is 7.66. The molecule has 0 atom stereocenters. The third-order valence-corrected chi connectivity index (χ3v) is 5.69. The lowest BCUT2D eigenvalue weighted by Crippen LogP contribution is -2.21. The molecule has 5 aromatic rings. The van der Waals surface area contributed by atoms with E-state index in [0.29, 0.717) is 22.5 Å². The van der Waals surface area contributed by atoms with Gasteiger partial charge in [-0.1, -0.05) is 18.2 Å². The summed E-state index contributed by atoms with van der Waals surface area (Å²) in [6.45, 7) is 0. The molecule has 0 aliphatic rings. The monoisotopic (exact) mass is 568 g/mol. The van der Waals surface area contributed by atoms with Gasteiger partial charge in [0.25, 0.3) is 0 Å². The Bertz CT molecular complexity index is 1670. The number of aromatic nitrogens is 2. The fourth-order valence-corrected chi connectivity index (χ4v) is 3.93. The van der Waals surface area contributed by atoms with E-state index in [0.717, 1.165) is 28.2 Å². The summed E-state index contributed by atoms with van der Waals surface area (Å²) in [5.41, 5.74) is 4.58. The minimum Gasteiger partial charge on any atom is -0.475 e. The number of aromatic amines is 1. The van der Waals surface area contributed by atoms with E-state index in [4.69, 9.17) is 9.90 Å². The molecule has 0 saturated heterocycles. The molecule has 0 saturated carbocycles. The molecule has 12 heteroatoms. The van der Waals surface area contributed by atoms with Crippen LogP contribution in [0.15, 0.2) is 91.4 Å². The van der Waals surface area contributed by atoms with Crippen LogP contribution < -0.4 is 10.6 Å². The van der Waals surface area contributed by atoms with Gasteiger partial charge in [0.2, 0.25) is 5.91 Å². The number of nitrogens with zero attached hydrogens (tertiary/aromatic N) is 1. The van der Waals surface area contributed by atoms with Gasteiger partial charge in [-0.05, 0) is 59.7 Å². The molecule has 0 fully saturated rings. The van der Waals surface area contributed by atoms with Gasteiger partial charge in [-0.2, -0.15) is 13.2 Å². The van der Waals surface area contributed by atoms with Crippen LogP contribution in [0.3, 0.4) is 0 Å². The first-order chi connectivity index (χ1) is 19.5. The lowest BCUT2D eigenvalue weighted by molar-refractivity contribution is -0.192. The SMILES string of the molecule is O=C(Cc1c[nH]c2ccccc12)Nc1ccc(Nc2cccnc2)c(-c2cc(F)cc(F)c2)c1.O=C(O)C(F)(F)F. The highest BCUT2D eigenvalue weighted by Crippen LogP contribution is 2.34.